The first-order valence-corrected chi connectivity index (χ1v) is 8.65. The summed E-state index contributed by atoms with van der Waals surface area (Å²) < 4.78 is 0.144. The van der Waals surface area contributed by atoms with Gasteiger partial charge in [0.2, 0.25) is 5.41 Å². The van der Waals surface area contributed by atoms with Crippen molar-refractivity contribution < 1.29 is 14.4 Å². The number of barbiturate groups is 1. The molecular weight excluding hydrogens is 400 g/mol. The largest absolute Gasteiger partial charge is 0.328 e. The van der Waals surface area contributed by atoms with Gasteiger partial charge >= 0.3 is 6.03 Å². The van der Waals surface area contributed by atoms with E-state index in [0.29, 0.717) is 11.3 Å². The molecule has 0 aromatic heterocycles. The van der Waals surface area contributed by atoms with Gasteiger partial charge in [0.15, 0.2) is 0 Å². The van der Waals surface area contributed by atoms with Crippen LogP contribution in [0.25, 0.3) is 0 Å². The molecule has 1 unspecified atom stereocenters. The molecule has 1 fully saturated rings. The van der Waals surface area contributed by atoms with Gasteiger partial charge in [0.1, 0.15) is 10.7 Å². The molecule has 1 spiro atoms. The molecule has 2 aliphatic rings. The number of halogens is 1. The van der Waals surface area contributed by atoms with E-state index < -0.39 is 29.3 Å². The van der Waals surface area contributed by atoms with Gasteiger partial charge in [-0.2, -0.15) is 5.10 Å². The van der Waals surface area contributed by atoms with Crippen LogP contribution in [0.2, 0.25) is 0 Å². The quantitative estimate of drug-likeness (QED) is 0.740. The average Bonchev–Trinajstić information content (AvgIpc) is 2.95. The van der Waals surface area contributed by atoms with Gasteiger partial charge in [0.05, 0.1) is 5.69 Å². The number of nitrogens with zero attached hydrogens (tertiary/aromatic N) is 2. The van der Waals surface area contributed by atoms with Crippen LogP contribution in [0, 0.1) is 5.41 Å². The maximum absolute atomic E-state index is 12.9. The Morgan fingerprint density at radius 2 is 1.42 bits per heavy atom. The Kier molecular flexibility index (Phi) is 3.84. The molecule has 2 heterocycles. The van der Waals surface area contributed by atoms with Crippen LogP contribution in [0.3, 0.4) is 0 Å². The minimum Gasteiger partial charge on any atom is -0.276 e. The Morgan fingerprint density at radius 1 is 0.885 bits per heavy atom. The minimum absolute atomic E-state index is 0.144. The second kappa shape index (κ2) is 6.06. The molecule has 26 heavy (non-hydrogen) atoms. The van der Waals surface area contributed by atoms with Crippen LogP contribution in [-0.4, -0.2) is 22.5 Å². The molecule has 2 aromatic carbocycles. The summed E-state index contributed by atoms with van der Waals surface area (Å²) in [5, 5.41) is 10.5. The highest BCUT2D eigenvalue weighted by Crippen LogP contribution is 2.49. The van der Waals surface area contributed by atoms with Gasteiger partial charge in [-0.1, -0.05) is 48.5 Å². The third kappa shape index (κ3) is 2.26. The number of rotatable bonds is 2. The fourth-order valence-corrected chi connectivity index (χ4v) is 4.06. The molecule has 7 nitrogen and oxygen atoms in total. The van der Waals surface area contributed by atoms with Crippen LogP contribution in [0.15, 0.2) is 65.8 Å². The summed E-state index contributed by atoms with van der Waals surface area (Å²) in [6.45, 7) is 0. The van der Waals surface area contributed by atoms with E-state index in [1.165, 1.54) is 0 Å². The van der Waals surface area contributed by atoms with E-state index in [4.69, 9.17) is 0 Å². The van der Waals surface area contributed by atoms with E-state index in [-0.39, 0.29) is 4.62 Å². The van der Waals surface area contributed by atoms with E-state index in [0.717, 1.165) is 0 Å². The first-order valence-electron chi connectivity index (χ1n) is 7.86. The van der Waals surface area contributed by atoms with E-state index in [1.807, 2.05) is 60.7 Å². The van der Waals surface area contributed by atoms with Crippen molar-refractivity contribution in [3.8, 4) is 0 Å². The first kappa shape index (κ1) is 16.5. The van der Waals surface area contributed by atoms with E-state index >= 15 is 0 Å². The molecule has 4 amide bonds. The molecule has 0 radical (unpaired) electrons. The SMILES string of the molecule is O=C1NC(=O)C2(C(=O)N1)C(Br)=NN(c1ccccc1)C2c1ccccc1. The second-order valence-electron chi connectivity index (χ2n) is 5.93. The lowest BCUT2D eigenvalue weighted by atomic mass is 9.75. The molecule has 2 aliphatic heterocycles. The van der Waals surface area contributed by atoms with Gasteiger partial charge in [-0.3, -0.25) is 25.2 Å². The lowest BCUT2D eigenvalue weighted by molar-refractivity contribution is -0.140. The van der Waals surface area contributed by atoms with E-state index in [9.17, 15) is 14.4 Å². The van der Waals surface area contributed by atoms with Crippen molar-refractivity contribution in [1.82, 2.24) is 10.6 Å². The van der Waals surface area contributed by atoms with E-state index in [1.54, 1.807) is 5.01 Å². The molecule has 0 saturated carbocycles. The smallest absolute Gasteiger partial charge is 0.276 e. The van der Waals surface area contributed by atoms with Crippen molar-refractivity contribution in [2.75, 3.05) is 5.01 Å². The zero-order valence-corrected chi connectivity index (χ0v) is 14.9. The van der Waals surface area contributed by atoms with E-state index in [2.05, 4.69) is 31.7 Å². The number of carbonyl (C=O) groups excluding carboxylic acids is 3. The number of para-hydroxylation sites is 1. The number of hydrazone groups is 1. The molecule has 1 saturated heterocycles. The summed E-state index contributed by atoms with van der Waals surface area (Å²) in [4.78, 5) is 37.4. The Hall–Kier alpha value is -3.00. The highest BCUT2D eigenvalue weighted by molar-refractivity contribution is 9.18. The zero-order valence-electron chi connectivity index (χ0n) is 13.3. The van der Waals surface area contributed by atoms with Gasteiger partial charge in [0, 0.05) is 0 Å². The summed E-state index contributed by atoms with van der Waals surface area (Å²) in [7, 11) is 0. The van der Waals surface area contributed by atoms with Crippen molar-refractivity contribution in [1.29, 1.82) is 0 Å². The lowest BCUT2D eigenvalue weighted by Crippen LogP contribution is -2.66. The number of hydrogen-bond acceptors (Lipinski definition) is 5. The monoisotopic (exact) mass is 412 g/mol. The Balaban J connectivity index is 1.93. The number of hydrogen-bond donors (Lipinski definition) is 2. The third-order valence-electron chi connectivity index (χ3n) is 4.48. The summed E-state index contributed by atoms with van der Waals surface area (Å²) in [5.74, 6) is -1.43. The average molecular weight is 413 g/mol. The Labute approximate surface area is 157 Å². The van der Waals surface area contributed by atoms with Crippen molar-refractivity contribution in [3.05, 3.63) is 66.2 Å². The fraction of sp³-hybridized carbons (Fsp3) is 0.111. The van der Waals surface area contributed by atoms with Crippen LogP contribution in [0.4, 0.5) is 10.5 Å². The normalized spacial score (nSPS) is 21.4. The highest BCUT2D eigenvalue weighted by atomic mass is 79.9. The number of imide groups is 2. The maximum Gasteiger partial charge on any atom is 0.328 e. The van der Waals surface area contributed by atoms with Crippen molar-refractivity contribution in [3.63, 3.8) is 0 Å². The lowest BCUT2D eigenvalue weighted by Gasteiger charge is -2.37. The standard InChI is InChI=1S/C18H13BrN4O3/c19-14-18(15(24)20-17(26)21-16(18)25)13(11-7-3-1-4-8-11)23(22-14)12-9-5-2-6-10-12/h1-10,13H,(H2,20,21,24,25,26). The van der Waals surface area contributed by atoms with Crippen LogP contribution < -0.4 is 15.6 Å². The number of benzene rings is 2. The van der Waals surface area contributed by atoms with Gasteiger partial charge < -0.3 is 0 Å². The predicted molar refractivity (Wildman–Crippen MR) is 98.6 cm³/mol. The topological polar surface area (TPSA) is 90.9 Å². The minimum atomic E-state index is -1.70. The van der Waals surface area contributed by atoms with Crippen LogP contribution in [0.1, 0.15) is 11.6 Å². The zero-order chi connectivity index (χ0) is 18.3. The Bertz CT molecular complexity index is 910. The van der Waals surface area contributed by atoms with Gasteiger partial charge in [0.25, 0.3) is 11.8 Å². The Morgan fingerprint density at radius 3 is 2.00 bits per heavy atom. The first-order chi connectivity index (χ1) is 12.5. The molecule has 2 N–H and O–H groups in total. The number of amides is 4. The molecule has 2 aromatic rings. The number of anilines is 1. The predicted octanol–water partition coefficient (Wildman–Crippen LogP) is 2.31. The molecule has 1 atom stereocenters. The molecule has 4 rings (SSSR count). The number of nitrogens with one attached hydrogen (secondary N) is 2. The molecule has 8 heteroatoms. The van der Waals surface area contributed by atoms with Crippen LogP contribution in [0.5, 0.6) is 0 Å². The molecular formula is C18H13BrN4O3. The van der Waals surface area contributed by atoms with Crippen molar-refractivity contribution in [2.45, 2.75) is 6.04 Å². The summed E-state index contributed by atoms with van der Waals surface area (Å²) in [6, 6.07) is 16.8. The molecule has 0 aliphatic carbocycles. The maximum atomic E-state index is 12.9. The fourth-order valence-electron chi connectivity index (χ4n) is 3.31. The van der Waals surface area contributed by atoms with Crippen LogP contribution in [-0.2, 0) is 9.59 Å². The van der Waals surface area contributed by atoms with Gasteiger partial charge in [-0.05, 0) is 33.6 Å². The van der Waals surface area contributed by atoms with Gasteiger partial charge in [-0.15, -0.1) is 0 Å². The third-order valence-corrected chi connectivity index (χ3v) is 5.27. The van der Waals surface area contributed by atoms with Crippen LogP contribution >= 0.6 is 15.9 Å². The van der Waals surface area contributed by atoms with Crippen molar-refractivity contribution >= 4 is 44.1 Å². The molecule has 130 valence electrons. The highest BCUT2D eigenvalue weighted by Gasteiger charge is 2.64. The second-order valence-corrected chi connectivity index (χ2v) is 6.68. The summed E-state index contributed by atoms with van der Waals surface area (Å²) >= 11 is 3.31. The van der Waals surface area contributed by atoms with Gasteiger partial charge in [-0.25, -0.2) is 4.79 Å². The summed E-state index contributed by atoms with van der Waals surface area (Å²) in [5.41, 5.74) is -0.271. The number of urea groups is 1. The van der Waals surface area contributed by atoms with Crippen molar-refractivity contribution in [2.24, 2.45) is 10.5 Å². The number of carbonyl (C=O) groups is 3. The summed E-state index contributed by atoms with van der Waals surface area (Å²) in [6.07, 6.45) is 0. The molecule has 0 bridgehead atoms.